The fourth-order valence-electron chi connectivity index (χ4n) is 4.09. The van der Waals surface area contributed by atoms with Crippen LogP contribution in [0.15, 0.2) is 41.1 Å². The Labute approximate surface area is 177 Å². The molecule has 2 unspecified atom stereocenters. The Morgan fingerprint density at radius 1 is 1.23 bits per heavy atom. The molecule has 2 aliphatic rings. The fourth-order valence-corrected chi connectivity index (χ4v) is 4.09. The summed E-state index contributed by atoms with van der Waals surface area (Å²) in [5, 5.41) is 27.9. The monoisotopic (exact) mass is 423 g/mol. The summed E-state index contributed by atoms with van der Waals surface area (Å²) in [7, 11) is 0. The van der Waals surface area contributed by atoms with Crippen LogP contribution in [-0.2, 0) is 6.54 Å². The van der Waals surface area contributed by atoms with Crippen LogP contribution in [0.1, 0.15) is 41.4 Å². The summed E-state index contributed by atoms with van der Waals surface area (Å²) in [6.45, 7) is 0.535. The molecule has 2 fully saturated rings. The number of rotatable bonds is 6. The number of carbonyl (C=O) groups is 2. The number of aromatic nitrogens is 5. The quantitative estimate of drug-likeness (QED) is 0.611. The molecule has 2 aromatic heterocycles. The molecular formula is C20H21N7O4. The van der Waals surface area contributed by atoms with Crippen molar-refractivity contribution in [2.24, 2.45) is 0 Å². The normalized spacial score (nSPS) is 20.7. The van der Waals surface area contributed by atoms with Crippen LogP contribution in [0.4, 0.5) is 4.79 Å². The lowest BCUT2D eigenvalue weighted by Crippen LogP contribution is -2.39. The number of benzene rings is 1. The van der Waals surface area contributed by atoms with Crippen molar-refractivity contribution >= 4 is 12.0 Å². The van der Waals surface area contributed by atoms with Crippen LogP contribution in [0, 0.1) is 0 Å². The summed E-state index contributed by atoms with van der Waals surface area (Å²) in [4.78, 5) is 25.6. The highest BCUT2D eigenvalue weighted by atomic mass is 16.4. The third-order valence-corrected chi connectivity index (χ3v) is 5.69. The van der Waals surface area contributed by atoms with Gasteiger partial charge in [-0.05, 0) is 36.8 Å². The summed E-state index contributed by atoms with van der Waals surface area (Å²) in [6.07, 6.45) is 4.88. The molecule has 2 amide bonds. The second-order valence-electron chi connectivity index (χ2n) is 7.89. The number of carboxylic acid groups (broad SMARTS) is 1. The van der Waals surface area contributed by atoms with Crippen LogP contribution in [0.2, 0.25) is 0 Å². The minimum Gasteiger partial charge on any atom is -0.465 e. The zero-order chi connectivity index (χ0) is 21.4. The van der Waals surface area contributed by atoms with Crippen LogP contribution in [0.25, 0.3) is 11.5 Å². The van der Waals surface area contributed by atoms with E-state index in [1.807, 2.05) is 24.3 Å². The van der Waals surface area contributed by atoms with Crippen molar-refractivity contribution < 1.29 is 19.1 Å². The standard InChI is InChI=1S/C20H21N7O4/c28-17(19-24-23-18(31-19)16-4-2-1-3-15(16)12-5-6-12)22-13-9-14(27(10-13)20(29)30)11-26-8-7-21-25-26/h1-4,7-8,12-14H,5-6,9-11H2,(H,22,28)(H,29,30). The number of nitrogens with zero attached hydrogens (tertiary/aromatic N) is 6. The molecule has 11 heteroatoms. The van der Waals surface area contributed by atoms with Crippen molar-refractivity contribution in [3.8, 4) is 11.5 Å². The Hall–Kier alpha value is -3.76. The maximum absolute atomic E-state index is 12.7. The van der Waals surface area contributed by atoms with E-state index >= 15 is 0 Å². The van der Waals surface area contributed by atoms with Gasteiger partial charge in [-0.25, -0.2) is 4.79 Å². The molecular weight excluding hydrogens is 402 g/mol. The van der Waals surface area contributed by atoms with E-state index in [9.17, 15) is 14.7 Å². The van der Waals surface area contributed by atoms with Gasteiger partial charge in [-0.1, -0.05) is 23.4 Å². The molecule has 11 nitrogen and oxygen atoms in total. The molecule has 0 bridgehead atoms. The zero-order valence-corrected chi connectivity index (χ0v) is 16.6. The Kier molecular flexibility index (Phi) is 4.85. The number of amides is 2. The van der Waals surface area contributed by atoms with Gasteiger partial charge in [0.05, 0.1) is 18.8 Å². The molecule has 1 aliphatic carbocycles. The van der Waals surface area contributed by atoms with Crippen LogP contribution in [0.5, 0.6) is 0 Å². The van der Waals surface area contributed by atoms with Gasteiger partial charge in [0.1, 0.15) is 0 Å². The van der Waals surface area contributed by atoms with Gasteiger partial charge in [0.2, 0.25) is 5.89 Å². The van der Waals surface area contributed by atoms with Crippen molar-refractivity contribution in [3.63, 3.8) is 0 Å². The first-order chi connectivity index (χ1) is 15.1. The molecule has 1 aliphatic heterocycles. The first-order valence-corrected chi connectivity index (χ1v) is 10.2. The minimum atomic E-state index is -1.04. The molecule has 0 radical (unpaired) electrons. The highest BCUT2D eigenvalue weighted by Gasteiger charge is 2.37. The van der Waals surface area contributed by atoms with E-state index < -0.39 is 12.0 Å². The summed E-state index contributed by atoms with van der Waals surface area (Å²) < 4.78 is 7.24. The molecule has 31 heavy (non-hydrogen) atoms. The van der Waals surface area contributed by atoms with Crippen LogP contribution in [-0.4, -0.2) is 65.8 Å². The Bertz CT molecular complexity index is 1090. The van der Waals surface area contributed by atoms with Crippen molar-refractivity contribution in [1.82, 2.24) is 35.4 Å². The first kappa shape index (κ1) is 19.2. The van der Waals surface area contributed by atoms with E-state index in [1.165, 1.54) is 11.1 Å². The molecule has 1 saturated heterocycles. The van der Waals surface area contributed by atoms with Gasteiger partial charge in [-0.15, -0.1) is 15.3 Å². The topological polar surface area (TPSA) is 139 Å². The summed E-state index contributed by atoms with van der Waals surface area (Å²) in [6, 6.07) is 7.15. The minimum absolute atomic E-state index is 0.137. The third kappa shape index (κ3) is 3.98. The molecule has 2 N–H and O–H groups in total. The van der Waals surface area contributed by atoms with E-state index in [-0.39, 0.29) is 24.5 Å². The number of nitrogens with one attached hydrogen (secondary N) is 1. The number of likely N-dealkylation sites (tertiary alicyclic amines) is 1. The number of hydrogen-bond donors (Lipinski definition) is 2. The van der Waals surface area contributed by atoms with Gasteiger partial charge >= 0.3 is 17.9 Å². The lowest BCUT2D eigenvalue weighted by Gasteiger charge is -2.20. The lowest BCUT2D eigenvalue weighted by molar-refractivity contribution is 0.0901. The van der Waals surface area contributed by atoms with E-state index in [0.717, 1.165) is 24.0 Å². The molecule has 3 heterocycles. The molecule has 160 valence electrons. The molecule has 3 aromatic rings. The lowest BCUT2D eigenvalue weighted by atomic mass is 10.0. The van der Waals surface area contributed by atoms with E-state index in [1.54, 1.807) is 10.9 Å². The SMILES string of the molecule is O=C(NC1CC(Cn2ccnn2)N(C(=O)O)C1)c1nnc(-c2ccccc2C2CC2)o1. The highest BCUT2D eigenvalue weighted by molar-refractivity contribution is 5.90. The van der Waals surface area contributed by atoms with Crippen LogP contribution >= 0.6 is 0 Å². The van der Waals surface area contributed by atoms with Crippen molar-refractivity contribution in [2.75, 3.05) is 6.54 Å². The fraction of sp³-hybridized carbons (Fsp3) is 0.400. The zero-order valence-electron chi connectivity index (χ0n) is 16.6. The molecule has 1 saturated carbocycles. The van der Waals surface area contributed by atoms with Crippen LogP contribution < -0.4 is 5.32 Å². The third-order valence-electron chi connectivity index (χ3n) is 5.69. The van der Waals surface area contributed by atoms with E-state index in [2.05, 4.69) is 25.8 Å². The predicted molar refractivity (Wildman–Crippen MR) is 106 cm³/mol. The van der Waals surface area contributed by atoms with Crippen LogP contribution in [0.3, 0.4) is 0 Å². The van der Waals surface area contributed by atoms with Crippen molar-refractivity contribution in [2.45, 2.75) is 43.8 Å². The van der Waals surface area contributed by atoms with Crippen molar-refractivity contribution in [1.29, 1.82) is 0 Å². The Morgan fingerprint density at radius 3 is 2.81 bits per heavy atom. The molecule has 0 spiro atoms. The van der Waals surface area contributed by atoms with Gasteiger partial charge in [-0.2, -0.15) is 0 Å². The molecule has 1 aromatic carbocycles. The second-order valence-corrected chi connectivity index (χ2v) is 7.89. The summed E-state index contributed by atoms with van der Waals surface area (Å²) in [5.41, 5.74) is 2.00. The smallest absolute Gasteiger partial charge is 0.407 e. The Balaban J connectivity index is 1.27. The Morgan fingerprint density at radius 2 is 2.06 bits per heavy atom. The van der Waals surface area contributed by atoms with Gasteiger partial charge in [0.25, 0.3) is 0 Å². The summed E-state index contributed by atoms with van der Waals surface area (Å²) >= 11 is 0. The maximum atomic E-state index is 12.7. The average Bonchev–Trinajstić information content (AvgIpc) is 3.15. The maximum Gasteiger partial charge on any atom is 0.407 e. The molecule has 5 rings (SSSR count). The predicted octanol–water partition coefficient (Wildman–Crippen LogP) is 1.76. The number of carbonyl (C=O) groups excluding carboxylic acids is 1. The first-order valence-electron chi connectivity index (χ1n) is 10.2. The highest BCUT2D eigenvalue weighted by Crippen LogP contribution is 2.44. The largest absolute Gasteiger partial charge is 0.465 e. The van der Waals surface area contributed by atoms with E-state index in [0.29, 0.717) is 24.8 Å². The second kappa shape index (κ2) is 7.82. The van der Waals surface area contributed by atoms with Gasteiger partial charge in [-0.3, -0.25) is 9.48 Å². The van der Waals surface area contributed by atoms with Crippen molar-refractivity contribution in [3.05, 3.63) is 48.1 Å². The molecule has 2 atom stereocenters. The average molecular weight is 423 g/mol. The van der Waals surface area contributed by atoms with Gasteiger partial charge in [0, 0.05) is 24.3 Å². The van der Waals surface area contributed by atoms with E-state index in [4.69, 9.17) is 4.42 Å². The summed E-state index contributed by atoms with van der Waals surface area (Å²) in [5.74, 6) is 0.166. The number of hydrogen-bond acceptors (Lipinski definition) is 7. The van der Waals surface area contributed by atoms with Gasteiger partial charge < -0.3 is 19.7 Å². The van der Waals surface area contributed by atoms with Gasteiger partial charge in [0.15, 0.2) is 0 Å².